The maximum atomic E-state index is 13.6. The number of carbonyl (C=O) groups excluding carboxylic acids is 1. The number of nitrogens with two attached hydrogens (primary N) is 1. The van der Waals surface area contributed by atoms with Crippen molar-refractivity contribution in [2.24, 2.45) is 5.73 Å². The van der Waals surface area contributed by atoms with E-state index in [-0.39, 0.29) is 18.4 Å². The molecule has 0 saturated carbocycles. The van der Waals surface area contributed by atoms with E-state index in [0.29, 0.717) is 23.2 Å². The first kappa shape index (κ1) is 22.3. The highest BCUT2D eigenvalue weighted by Gasteiger charge is 2.34. The van der Waals surface area contributed by atoms with Crippen LogP contribution in [0.2, 0.25) is 0 Å². The molecule has 2 atom stereocenters. The normalized spacial score (nSPS) is 17.6. The SMILES string of the molecule is CCCCCCCc1ccc(C2=CNC(C(N)CC(C)=O)N2)cc1C(F)(F)F. The van der Waals surface area contributed by atoms with Gasteiger partial charge in [-0.1, -0.05) is 44.7 Å². The third-order valence-corrected chi connectivity index (χ3v) is 4.95. The molecule has 2 rings (SSSR count). The van der Waals surface area contributed by atoms with E-state index < -0.39 is 17.8 Å². The van der Waals surface area contributed by atoms with Crippen LogP contribution in [0.3, 0.4) is 0 Å². The van der Waals surface area contributed by atoms with Crippen molar-refractivity contribution in [3.05, 3.63) is 41.1 Å². The second-order valence-corrected chi connectivity index (χ2v) is 7.45. The summed E-state index contributed by atoms with van der Waals surface area (Å²) in [6, 6.07) is 4.01. The zero-order chi connectivity index (χ0) is 20.7. The van der Waals surface area contributed by atoms with Gasteiger partial charge in [0.05, 0.1) is 17.3 Å². The summed E-state index contributed by atoms with van der Waals surface area (Å²) < 4.78 is 40.7. The lowest BCUT2D eigenvalue weighted by molar-refractivity contribution is -0.138. The highest BCUT2D eigenvalue weighted by Crippen LogP contribution is 2.35. The van der Waals surface area contributed by atoms with Gasteiger partial charge in [0.15, 0.2) is 0 Å². The second-order valence-electron chi connectivity index (χ2n) is 7.45. The van der Waals surface area contributed by atoms with Crippen LogP contribution in [0.4, 0.5) is 13.2 Å². The third kappa shape index (κ3) is 6.26. The number of alkyl halides is 3. The van der Waals surface area contributed by atoms with Gasteiger partial charge in [-0.3, -0.25) is 4.79 Å². The Morgan fingerprint density at radius 2 is 1.93 bits per heavy atom. The summed E-state index contributed by atoms with van der Waals surface area (Å²) in [6.45, 7) is 3.57. The Bertz CT molecular complexity index is 701. The van der Waals surface area contributed by atoms with E-state index in [1.54, 1.807) is 18.3 Å². The summed E-state index contributed by atoms with van der Waals surface area (Å²) in [6.07, 6.45) is 2.43. The van der Waals surface area contributed by atoms with E-state index in [2.05, 4.69) is 17.6 Å². The molecule has 0 saturated heterocycles. The van der Waals surface area contributed by atoms with Gasteiger partial charge in [-0.25, -0.2) is 0 Å². The molecule has 2 unspecified atom stereocenters. The Hall–Kier alpha value is -2.02. The number of hydrogen-bond donors (Lipinski definition) is 3. The van der Waals surface area contributed by atoms with Crippen LogP contribution in [0, 0.1) is 0 Å². The maximum absolute atomic E-state index is 13.6. The van der Waals surface area contributed by atoms with Gasteiger partial charge >= 0.3 is 6.18 Å². The van der Waals surface area contributed by atoms with E-state index in [1.165, 1.54) is 13.0 Å². The highest BCUT2D eigenvalue weighted by molar-refractivity contribution is 5.76. The number of rotatable bonds is 10. The molecular weight excluding hydrogens is 367 g/mol. The first-order chi connectivity index (χ1) is 13.2. The lowest BCUT2D eigenvalue weighted by Gasteiger charge is -2.21. The quantitative estimate of drug-likeness (QED) is 0.514. The lowest BCUT2D eigenvalue weighted by Crippen LogP contribution is -2.48. The van der Waals surface area contributed by atoms with Crippen molar-refractivity contribution < 1.29 is 18.0 Å². The van der Waals surface area contributed by atoms with Gasteiger partial charge in [0, 0.05) is 12.6 Å². The van der Waals surface area contributed by atoms with Gasteiger partial charge in [-0.2, -0.15) is 13.2 Å². The maximum Gasteiger partial charge on any atom is 0.416 e. The number of nitrogens with one attached hydrogen (secondary N) is 2. The molecule has 0 bridgehead atoms. The van der Waals surface area contributed by atoms with Crippen molar-refractivity contribution >= 4 is 11.5 Å². The number of halogens is 3. The molecule has 4 nitrogen and oxygen atoms in total. The fourth-order valence-electron chi connectivity index (χ4n) is 3.42. The Balaban J connectivity index is 2.09. The summed E-state index contributed by atoms with van der Waals surface area (Å²) in [5.41, 5.74) is 6.72. The third-order valence-electron chi connectivity index (χ3n) is 4.95. The van der Waals surface area contributed by atoms with Gasteiger partial charge in [-0.05, 0) is 37.0 Å². The first-order valence-electron chi connectivity index (χ1n) is 9.90. The molecule has 1 aliphatic rings. The molecule has 28 heavy (non-hydrogen) atoms. The standard InChI is InChI=1S/C21H30F3N3O/c1-3-4-5-6-7-8-15-9-10-16(12-17(15)21(22,23)24)19-13-26-20(27-19)18(25)11-14(2)28/h9-10,12-13,18,20,26-27H,3-8,11,25H2,1-2H3. The van der Waals surface area contributed by atoms with Gasteiger partial charge in [0.1, 0.15) is 11.9 Å². The molecule has 1 aliphatic heterocycles. The Morgan fingerprint density at radius 1 is 1.21 bits per heavy atom. The molecule has 1 heterocycles. The number of benzene rings is 1. The lowest BCUT2D eigenvalue weighted by atomic mass is 9.97. The number of unbranched alkanes of at least 4 members (excludes halogenated alkanes) is 4. The molecule has 7 heteroatoms. The zero-order valence-corrected chi connectivity index (χ0v) is 16.5. The van der Waals surface area contributed by atoms with Crippen molar-refractivity contribution in [3.8, 4) is 0 Å². The minimum absolute atomic E-state index is 0.0350. The number of hydrogen-bond acceptors (Lipinski definition) is 4. The van der Waals surface area contributed by atoms with Crippen LogP contribution in [0.5, 0.6) is 0 Å². The molecule has 0 fully saturated rings. The van der Waals surface area contributed by atoms with Gasteiger partial charge in [0.25, 0.3) is 0 Å². The van der Waals surface area contributed by atoms with Crippen LogP contribution in [-0.2, 0) is 17.4 Å². The minimum Gasteiger partial charge on any atom is -0.368 e. The van der Waals surface area contributed by atoms with Crippen LogP contribution in [-0.4, -0.2) is 18.0 Å². The summed E-state index contributed by atoms with van der Waals surface area (Å²) in [7, 11) is 0. The smallest absolute Gasteiger partial charge is 0.368 e. The van der Waals surface area contributed by atoms with E-state index in [4.69, 9.17) is 5.73 Å². The molecule has 0 aliphatic carbocycles. The Morgan fingerprint density at radius 3 is 2.57 bits per heavy atom. The molecule has 0 spiro atoms. The van der Waals surface area contributed by atoms with Crippen molar-refractivity contribution in [2.45, 2.75) is 77.2 Å². The molecule has 156 valence electrons. The van der Waals surface area contributed by atoms with Crippen molar-refractivity contribution in [2.75, 3.05) is 0 Å². The number of ketones is 1. The van der Waals surface area contributed by atoms with Crippen LogP contribution in [0.25, 0.3) is 5.70 Å². The number of carbonyl (C=O) groups is 1. The Kier molecular flexibility index (Phi) is 7.92. The molecular formula is C21H30F3N3O. The molecule has 0 aromatic heterocycles. The molecule has 1 aromatic carbocycles. The Labute approximate surface area is 164 Å². The average molecular weight is 397 g/mol. The highest BCUT2D eigenvalue weighted by atomic mass is 19.4. The fourth-order valence-corrected chi connectivity index (χ4v) is 3.42. The number of aryl methyl sites for hydroxylation is 1. The van der Waals surface area contributed by atoms with Crippen LogP contribution < -0.4 is 16.4 Å². The van der Waals surface area contributed by atoms with Crippen LogP contribution in [0.1, 0.15) is 69.1 Å². The van der Waals surface area contributed by atoms with Crippen molar-refractivity contribution in [1.29, 1.82) is 0 Å². The van der Waals surface area contributed by atoms with Crippen molar-refractivity contribution in [3.63, 3.8) is 0 Å². The van der Waals surface area contributed by atoms with Crippen molar-refractivity contribution in [1.82, 2.24) is 10.6 Å². The molecule has 0 amide bonds. The largest absolute Gasteiger partial charge is 0.416 e. The summed E-state index contributed by atoms with van der Waals surface area (Å²) >= 11 is 0. The van der Waals surface area contributed by atoms with E-state index >= 15 is 0 Å². The van der Waals surface area contributed by atoms with E-state index in [0.717, 1.165) is 32.1 Å². The summed E-state index contributed by atoms with van der Waals surface area (Å²) in [5.74, 6) is -0.0350. The van der Waals surface area contributed by atoms with Crippen LogP contribution in [0.15, 0.2) is 24.4 Å². The van der Waals surface area contributed by atoms with Gasteiger partial charge in [-0.15, -0.1) is 0 Å². The van der Waals surface area contributed by atoms with Gasteiger partial charge < -0.3 is 16.4 Å². The monoisotopic (exact) mass is 397 g/mol. The second kappa shape index (κ2) is 9.96. The minimum atomic E-state index is -4.40. The molecule has 1 aromatic rings. The topological polar surface area (TPSA) is 67.1 Å². The van der Waals surface area contributed by atoms with E-state index in [9.17, 15) is 18.0 Å². The summed E-state index contributed by atoms with van der Waals surface area (Å²) in [5, 5.41) is 6.09. The number of Topliss-reactive ketones (excluding diaryl/α,β-unsaturated/α-hetero) is 1. The zero-order valence-electron chi connectivity index (χ0n) is 16.5. The average Bonchev–Trinajstić information content (AvgIpc) is 3.10. The summed E-state index contributed by atoms with van der Waals surface area (Å²) in [4.78, 5) is 11.2. The predicted octanol–water partition coefficient (Wildman–Crippen LogP) is 4.34. The first-order valence-corrected chi connectivity index (χ1v) is 9.90. The van der Waals surface area contributed by atoms with E-state index in [1.807, 2.05) is 0 Å². The molecule has 0 radical (unpaired) electrons. The van der Waals surface area contributed by atoms with Gasteiger partial charge in [0.2, 0.25) is 0 Å². The van der Waals surface area contributed by atoms with Crippen LogP contribution >= 0.6 is 0 Å². The molecule has 4 N–H and O–H groups in total. The fraction of sp³-hybridized carbons (Fsp3) is 0.571. The predicted molar refractivity (Wildman–Crippen MR) is 105 cm³/mol.